The number of carbonyl (C=O) groups is 5. The molecule has 15 heteroatoms. The molecule has 3 atom stereocenters. The predicted molar refractivity (Wildman–Crippen MR) is 167 cm³/mol. The lowest BCUT2D eigenvalue weighted by Crippen LogP contribution is -2.44. The number of aliphatic hydroxyl groups is 1. The van der Waals surface area contributed by atoms with E-state index in [1.807, 2.05) is 11.0 Å². The molecule has 246 valence electrons. The van der Waals surface area contributed by atoms with Crippen LogP contribution in [-0.4, -0.2) is 78.7 Å². The maximum Gasteiger partial charge on any atom is 0.326 e. The van der Waals surface area contributed by atoms with Crippen molar-refractivity contribution in [1.82, 2.24) is 20.6 Å². The molecule has 0 fully saturated rings. The third-order valence-electron chi connectivity index (χ3n) is 7.85. The zero-order valence-electron chi connectivity index (χ0n) is 25.1. The largest absolute Gasteiger partial charge is 0.481 e. The van der Waals surface area contributed by atoms with E-state index < -0.39 is 61.3 Å². The minimum Gasteiger partial charge on any atom is -0.481 e. The van der Waals surface area contributed by atoms with Crippen LogP contribution in [-0.2, 0) is 32.2 Å². The molecule has 15 nitrogen and oxygen atoms in total. The zero-order valence-corrected chi connectivity index (χ0v) is 25.1. The van der Waals surface area contributed by atoms with Crippen molar-refractivity contribution >= 4 is 46.3 Å². The molecule has 2 amide bonds. The third-order valence-corrected chi connectivity index (χ3v) is 7.85. The number of carbonyl (C=O) groups excluding carboxylic acids is 2. The number of carboxylic acids is 3. The number of rotatable bonds is 15. The highest BCUT2D eigenvalue weighted by molar-refractivity contribution is 5.97. The first-order valence-electron chi connectivity index (χ1n) is 14.7. The van der Waals surface area contributed by atoms with Crippen LogP contribution >= 0.6 is 0 Å². The summed E-state index contributed by atoms with van der Waals surface area (Å²) in [5.74, 6) is -2.77. The number of aromatic amines is 1. The fourth-order valence-electron chi connectivity index (χ4n) is 5.52. The molecule has 1 aliphatic carbocycles. The highest BCUT2D eigenvalue weighted by atomic mass is 16.4. The minimum atomic E-state index is -1.47. The van der Waals surface area contributed by atoms with Gasteiger partial charge in [0, 0.05) is 24.1 Å². The smallest absolute Gasteiger partial charge is 0.326 e. The molecule has 3 aromatic rings. The maximum absolute atomic E-state index is 12.9. The summed E-state index contributed by atoms with van der Waals surface area (Å²) < 4.78 is 0. The molecule has 0 bridgehead atoms. The lowest BCUT2D eigenvalue weighted by Gasteiger charge is -2.30. The molecule has 7 N–H and O–H groups in total. The highest BCUT2D eigenvalue weighted by Gasteiger charge is 2.30. The number of aliphatic hydroxyl groups excluding tert-OH is 1. The first-order chi connectivity index (χ1) is 22.4. The fourth-order valence-corrected chi connectivity index (χ4v) is 5.52. The lowest BCUT2D eigenvalue weighted by molar-refractivity contribution is -0.143. The normalized spacial score (nSPS) is 14.8. The van der Waals surface area contributed by atoms with Gasteiger partial charge in [0.2, 0.25) is 5.91 Å². The van der Waals surface area contributed by atoms with E-state index in [4.69, 9.17) is 11.5 Å². The van der Waals surface area contributed by atoms with Crippen molar-refractivity contribution in [3.63, 3.8) is 0 Å². The molecule has 1 unspecified atom stereocenters. The van der Waals surface area contributed by atoms with E-state index in [2.05, 4.69) is 26.5 Å². The number of hydrogen-bond acceptors (Lipinski definition) is 9. The lowest BCUT2D eigenvalue weighted by atomic mass is 10.0. The van der Waals surface area contributed by atoms with Gasteiger partial charge in [-0.25, -0.2) is 14.6 Å². The van der Waals surface area contributed by atoms with Gasteiger partial charge in [-0.05, 0) is 73.2 Å². The van der Waals surface area contributed by atoms with Crippen molar-refractivity contribution in [1.29, 1.82) is 0 Å². The zero-order chi connectivity index (χ0) is 34.2. The predicted octanol–water partition coefficient (Wildman–Crippen LogP) is 0.940. The number of H-pyrrole nitrogens is 1. The van der Waals surface area contributed by atoms with Crippen LogP contribution in [0.2, 0.25) is 0 Å². The van der Waals surface area contributed by atoms with Crippen molar-refractivity contribution in [3.8, 4) is 12.3 Å². The molecule has 1 heterocycles. The number of hydrogen-bond donors (Lipinski definition) is 7. The van der Waals surface area contributed by atoms with Gasteiger partial charge in [0.15, 0.2) is 0 Å². The number of carboxylic acid groups (broad SMARTS) is 3. The van der Waals surface area contributed by atoms with Crippen molar-refractivity contribution in [2.45, 2.75) is 63.3 Å². The van der Waals surface area contributed by atoms with E-state index in [0.717, 1.165) is 11.1 Å². The molecule has 0 saturated carbocycles. The number of fused-ring (bicyclic) bond motifs is 2. The first-order valence-corrected chi connectivity index (χ1v) is 14.7. The summed E-state index contributed by atoms with van der Waals surface area (Å²) >= 11 is 0. The Hall–Kier alpha value is -5.75. The number of nitrogens with one attached hydrogen (secondary N) is 3. The molecule has 4 rings (SSSR count). The second-order valence-corrected chi connectivity index (χ2v) is 11.0. The number of amides is 2. The van der Waals surface area contributed by atoms with E-state index in [0.29, 0.717) is 29.4 Å². The van der Waals surface area contributed by atoms with Crippen LogP contribution in [0.25, 0.3) is 10.9 Å². The maximum atomic E-state index is 12.9. The number of terminal acetylenes is 1. The Morgan fingerprint density at radius 2 is 1.66 bits per heavy atom. The summed E-state index contributed by atoms with van der Waals surface area (Å²) in [4.78, 5) is 80.6. The standard InChI is InChI=1S/C32H33N5O10/c1-2-13-37(25-10-5-18-14-24-21(15-20(18)25)30(43)36-26(16-38)33-24)19-6-3-17(4-7-19)29(42)35-23(32(46)47)8-11-27(39)34-22(31(44)45)9-12-28(40)41/h1,3-4,6-7,14-15,22-23,25,38H,5,8-13,16H2,(H,34,39)(H,35,42)(H,40,41)(H,44,45)(H,46,47)(H,33,36,43)/t22-,23+,25?/m1/s1. The summed E-state index contributed by atoms with van der Waals surface area (Å²) in [6.07, 6.45) is 5.48. The summed E-state index contributed by atoms with van der Waals surface area (Å²) in [5.41, 5.74) is 2.84. The molecule has 47 heavy (non-hydrogen) atoms. The Morgan fingerprint density at radius 1 is 1.00 bits per heavy atom. The molecule has 1 aromatic heterocycles. The van der Waals surface area contributed by atoms with Crippen LogP contribution in [0.4, 0.5) is 5.69 Å². The van der Waals surface area contributed by atoms with E-state index in [-0.39, 0.29) is 42.4 Å². The second-order valence-electron chi connectivity index (χ2n) is 11.0. The molecular weight excluding hydrogens is 614 g/mol. The number of nitrogens with zero attached hydrogens (tertiary/aromatic N) is 2. The number of aryl methyl sites for hydroxylation is 1. The van der Waals surface area contributed by atoms with Gasteiger partial charge in [0.1, 0.15) is 24.5 Å². The van der Waals surface area contributed by atoms with Crippen LogP contribution in [0.1, 0.15) is 65.5 Å². The first kappa shape index (κ1) is 34.1. The molecule has 0 radical (unpaired) electrons. The number of aromatic nitrogens is 2. The Bertz CT molecular complexity index is 1800. The summed E-state index contributed by atoms with van der Waals surface area (Å²) in [5, 5.41) is 41.9. The van der Waals surface area contributed by atoms with Crippen LogP contribution in [0, 0.1) is 12.3 Å². The van der Waals surface area contributed by atoms with Crippen molar-refractivity contribution in [2.24, 2.45) is 0 Å². The van der Waals surface area contributed by atoms with Gasteiger partial charge < -0.3 is 40.9 Å². The van der Waals surface area contributed by atoms with Gasteiger partial charge in [-0.15, -0.1) is 6.42 Å². The van der Waals surface area contributed by atoms with Crippen molar-refractivity contribution in [2.75, 3.05) is 11.4 Å². The monoisotopic (exact) mass is 647 g/mol. The van der Waals surface area contributed by atoms with E-state index in [1.54, 1.807) is 18.2 Å². The van der Waals surface area contributed by atoms with Crippen molar-refractivity contribution < 1.29 is 44.4 Å². The molecular formula is C32H33N5O10. The SMILES string of the molecule is C#CCN(c1ccc(C(=O)N[C@@H](CCC(=O)N[C@H](CCC(=O)O)C(=O)O)C(=O)O)cc1)C1CCc2cc3nc(CO)[nH]c(=O)c3cc21. The molecule has 0 aliphatic heterocycles. The Morgan fingerprint density at radius 3 is 2.28 bits per heavy atom. The van der Waals surface area contributed by atoms with Gasteiger partial charge in [0.05, 0.1) is 23.5 Å². The highest BCUT2D eigenvalue weighted by Crippen LogP contribution is 2.39. The van der Waals surface area contributed by atoms with E-state index >= 15 is 0 Å². The molecule has 0 spiro atoms. The van der Waals surface area contributed by atoms with Crippen LogP contribution in [0.3, 0.4) is 0 Å². The van der Waals surface area contributed by atoms with Gasteiger partial charge in [-0.2, -0.15) is 0 Å². The molecule has 2 aromatic carbocycles. The van der Waals surface area contributed by atoms with Gasteiger partial charge in [-0.1, -0.05) is 5.92 Å². The average Bonchev–Trinajstić information content (AvgIpc) is 3.44. The van der Waals surface area contributed by atoms with Crippen LogP contribution in [0.15, 0.2) is 41.2 Å². The van der Waals surface area contributed by atoms with E-state index in [1.165, 1.54) is 12.1 Å². The Kier molecular flexibility index (Phi) is 10.9. The summed E-state index contributed by atoms with van der Waals surface area (Å²) in [6, 6.07) is 6.85. The fraction of sp³-hybridized carbons (Fsp3) is 0.344. The summed E-state index contributed by atoms with van der Waals surface area (Å²) in [6.45, 7) is -0.177. The van der Waals surface area contributed by atoms with Gasteiger partial charge in [-0.3, -0.25) is 19.2 Å². The van der Waals surface area contributed by atoms with Crippen molar-refractivity contribution in [3.05, 3.63) is 69.3 Å². The van der Waals surface area contributed by atoms with Gasteiger partial charge >= 0.3 is 17.9 Å². The Labute approximate surface area is 267 Å². The average molecular weight is 648 g/mol. The quantitative estimate of drug-likeness (QED) is 0.114. The second kappa shape index (κ2) is 15.0. The number of benzene rings is 2. The van der Waals surface area contributed by atoms with Gasteiger partial charge in [0.25, 0.3) is 11.5 Å². The topological polar surface area (TPSA) is 239 Å². The van der Waals surface area contributed by atoms with E-state index in [9.17, 15) is 44.1 Å². The minimum absolute atomic E-state index is 0.139. The van der Waals surface area contributed by atoms with Crippen LogP contribution < -0.4 is 21.1 Å². The third kappa shape index (κ3) is 8.30. The number of aliphatic carboxylic acids is 3. The number of anilines is 1. The summed E-state index contributed by atoms with van der Waals surface area (Å²) in [7, 11) is 0. The van der Waals surface area contributed by atoms with Crippen LogP contribution in [0.5, 0.6) is 0 Å². The molecule has 1 aliphatic rings. The molecule has 0 saturated heterocycles. The Balaban J connectivity index is 1.44.